The molecule has 0 spiro atoms. The average Bonchev–Trinajstić information content (AvgIpc) is 3.42. The van der Waals surface area contributed by atoms with Gasteiger partial charge in [-0.2, -0.15) is 0 Å². The molecule has 28 heavy (non-hydrogen) atoms. The molecule has 0 radical (unpaired) electrons. The summed E-state index contributed by atoms with van der Waals surface area (Å²) in [7, 11) is 0. The standard InChI is InChI=1S/C21H22N4O3/c26-20(21(27)23-19-10-13-28-24-19)22-14-18(25-11-3-4-12-25)17-9-5-7-15-6-1-2-8-16(15)17/h1-2,5-10,13,18H,3-4,11-12,14H2,(H,22,26)(H,23,24,27)/t18-/m1/s1. The summed E-state index contributed by atoms with van der Waals surface area (Å²) >= 11 is 0. The molecule has 2 aromatic carbocycles. The lowest BCUT2D eigenvalue weighted by atomic mass is 9.97. The Hall–Kier alpha value is -3.19. The fourth-order valence-electron chi connectivity index (χ4n) is 3.75. The molecule has 4 rings (SSSR count). The van der Waals surface area contributed by atoms with E-state index in [4.69, 9.17) is 0 Å². The highest BCUT2D eigenvalue weighted by Crippen LogP contribution is 2.30. The molecule has 2 amide bonds. The van der Waals surface area contributed by atoms with Crippen LogP contribution in [0.4, 0.5) is 5.82 Å². The molecule has 3 aromatic rings. The van der Waals surface area contributed by atoms with Gasteiger partial charge < -0.3 is 9.84 Å². The van der Waals surface area contributed by atoms with E-state index in [9.17, 15) is 9.59 Å². The van der Waals surface area contributed by atoms with Crippen LogP contribution >= 0.6 is 0 Å². The van der Waals surface area contributed by atoms with Crippen molar-refractivity contribution in [3.63, 3.8) is 0 Å². The highest BCUT2D eigenvalue weighted by Gasteiger charge is 2.26. The summed E-state index contributed by atoms with van der Waals surface area (Å²) in [5.74, 6) is -1.23. The second-order valence-corrected chi connectivity index (χ2v) is 6.88. The van der Waals surface area contributed by atoms with Crippen LogP contribution in [0.15, 0.2) is 59.3 Å². The SMILES string of the molecule is O=C(NC[C@H](c1cccc2ccccc12)N1CCCC1)C(=O)Nc1ccon1. The van der Waals surface area contributed by atoms with Gasteiger partial charge in [-0.25, -0.2) is 0 Å². The molecule has 144 valence electrons. The molecule has 0 aliphatic carbocycles. The monoisotopic (exact) mass is 378 g/mol. The number of amides is 2. The van der Waals surface area contributed by atoms with Crippen LogP contribution in [-0.4, -0.2) is 41.5 Å². The molecule has 0 saturated carbocycles. The maximum atomic E-state index is 12.3. The van der Waals surface area contributed by atoms with Gasteiger partial charge in [0.15, 0.2) is 5.82 Å². The van der Waals surface area contributed by atoms with E-state index in [-0.39, 0.29) is 11.9 Å². The molecule has 1 aliphatic heterocycles. The van der Waals surface area contributed by atoms with Crippen molar-refractivity contribution in [3.8, 4) is 0 Å². The second-order valence-electron chi connectivity index (χ2n) is 6.88. The van der Waals surface area contributed by atoms with Crippen molar-refractivity contribution in [2.45, 2.75) is 18.9 Å². The normalized spacial score (nSPS) is 15.4. The van der Waals surface area contributed by atoms with Gasteiger partial charge in [-0.15, -0.1) is 0 Å². The van der Waals surface area contributed by atoms with Crippen LogP contribution < -0.4 is 10.6 Å². The number of likely N-dealkylation sites (tertiary alicyclic amines) is 1. The van der Waals surface area contributed by atoms with Crippen LogP contribution in [0.2, 0.25) is 0 Å². The van der Waals surface area contributed by atoms with Gasteiger partial charge in [0.2, 0.25) is 0 Å². The smallest absolute Gasteiger partial charge is 0.314 e. The Kier molecular flexibility index (Phi) is 5.34. The molecule has 0 unspecified atom stereocenters. The number of fused-ring (bicyclic) bond motifs is 1. The van der Waals surface area contributed by atoms with Gasteiger partial charge >= 0.3 is 11.8 Å². The highest BCUT2D eigenvalue weighted by atomic mass is 16.5. The first-order chi connectivity index (χ1) is 13.7. The Morgan fingerprint density at radius 2 is 1.82 bits per heavy atom. The minimum atomic E-state index is -0.757. The van der Waals surface area contributed by atoms with Crippen molar-refractivity contribution in [1.82, 2.24) is 15.4 Å². The number of carbonyl (C=O) groups excluding carboxylic acids is 2. The Morgan fingerprint density at radius 3 is 2.61 bits per heavy atom. The van der Waals surface area contributed by atoms with Crippen molar-refractivity contribution in [3.05, 3.63) is 60.4 Å². The molecule has 7 nitrogen and oxygen atoms in total. The molecular formula is C21H22N4O3. The molecule has 1 saturated heterocycles. The number of hydrogen-bond acceptors (Lipinski definition) is 5. The Labute approximate surface area is 162 Å². The molecule has 2 N–H and O–H groups in total. The predicted octanol–water partition coefficient (Wildman–Crippen LogP) is 2.72. The average molecular weight is 378 g/mol. The lowest BCUT2D eigenvalue weighted by Gasteiger charge is -2.29. The van der Waals surface area contributed by atoms with Crippen molar-refractivity contribution < 1.29 is 14.1 Å². The van der Waals surface area contributed by atoms with E-state index < -0.39 is 11.8 Å². The zero-order chi connectivity index (χ0) is 19.3. The van der Waals surface area contributed by atoms with E-state index in [1.807, 2.05) is 18.2 Å². The third kappa shape index (κ3) is 3.89. The molecule has 1 atom stereocenters. The van der Waals surface area contributed by atoms with Crippen LogP contribution in [0.5, 0.6) is 0 Å². The first-order valence-electron chi connectivity index (χ1n) is 9.43. The van der Waals surface area contributed by atoms with Gasteiger partial charge in [-0.3, -0.25) is 19.8 Å². The van der Waals surface area contributed by atoms with E-state index in [0.717, 1.165) is 31.5 Å². The van der Waals surface area contributed by atoms with Crippen LogP contribution in [0, 0.1) is 0 Å². The molecular weight excluding hydrogens is 356 g/mol. The van der Waals surface area contributed by atoms with E-state index >= 15 is 0 Å². The zero-order valence-corrected chi connectivity index (χ0v) is 15.4. The summed E-state index contributed by atoms with van der Waals surface area (Å²) in [6, 6.07) is 16.0. The summed E-state index contributed by atoms with van der Waals surface area (Å²) in [6.07, 6.45) is 3.61. The molecule has 7 heteroatoms. The number of anilines is 1. The lowest BCUT2D eigenvalue weighted by molar-refractivity contribution is -0.136. The number of rotatable bonds is 5. The van der Waals surface area contributed by atoms with Gasteiger partial charge in [0.05, 0.1) is 6.04 Å². The van der Waals surface area contributed by atoms with Crippen molar-refractivity contribution in [2.24, 2.45) is 0 Å². The van der Waals surface area contributed by atoms with Gasteiger partial charge in [-0.05, 0) is 42.3 Å². The van der Waals surface area contributed by atoms with E-state index in [2.05, 4.69) is 49.5 Å². The van der Waals surface area contributed by atoms with Gasteiger partial charge in [-0.1, -0.05) is 47.6 Å². The Balaban J connectivity index is 1.52. The molecule has 2 heterocycles. The maximum Gasteiger partial charge on any atom is 0.314 e. The van der Waals surface area contributed by atoms with E-state index in [1.54, 1.807) is 0 Å². The van der Waals surface area contributed by atoms with Gasteiger partial charge in [0.1, 0.15) is 6.26 Å². The predicted molar refractivity (Wildman–Crippen MR) is 106 cm³/mol. The van der Waals surface area contributed by atoms with Crippen molar-refractivity contribution in [2.75, 3.05) is 25.0 Å². The molecule has 1 fully saturated rings. The minimum Gasteiger partial charge on any atom is -0.363 e. The quantitative estimate of drug-likeness (QED) is 0.667. The molecule has 1 aliphatic rings. The summed E-state index contributed by atoms with van der Waals surface area (Å²) in [5, 5.41) is 11.1. The Bertz CT molecular complexity index is 959. The summed E-state index contributed by atoms with van der Waals surface area (Å²) < 4.78 is 4.66. The topological polar surface area (TPSA) is 87.5 Å². The van der Waals surface area contributed by atoms with Crippen molar-refractivity contribution >= 4 is 28.4 Å². The summed E-state index contributed by atoms with van der Waals surface area (Å²) in [5.41, 5.74) is 1.16. The van der Waals surface area contributed by atoms with E-state index in [0.29, 0.717) is 6.54 Å². The van der Waals surface area contributed by atoms with E-state index in [1.165, 1.54) is 23.1 Å². The summed E-state index contributed by atoms with van der Waals surface area (Å²) in [4.78, 5) is 26.7. The van der Waals surface area contributed by atoms with Crippen molar-refractivity contribution in [1.29, 1.82) is 0 Å². The fraction of sp³-hybridized carbons (Fsp3) is 0.286. The summed E-state index contributed by atoms with van der Waals surface area (Å²) in [6.45, 7) is 2.32. The lowest BCUT2D eigenvalue weighted by Crippen LogP contribution is -2.41. The molecule has 1 aromatic heterocycles. The Morgan fingerprint density at radius 1 is 1.04 bits per heavy atom. The first-order valence-corrected chi connectivity index (χ1v) is 9.43. The first kappa shape index (κ1) is 18.2. The van der Waals surface area contributed by atoms with Crippen LogP contribution in [0.1, 0.15) is 24.4 Å². The highest BCUT2D eigenvalue weighted by molar-refractivity contribution is 6.39. The second kappa shape index (κ2) is 8.22. The number of nitrogens with one attached hydrogen (secondary N) is 2. The minimum absolute atomic E-state index is 0.0115. The third-order valence-corrected chi connectivity index (χ3v) is 5.11. The number of aromatic nitrogens is 1. The zero-order valence-electron chi connectivity index (χ0n) is 15.4. The number of nitrogens with zero attached hydrogens (tertiary/aromatic N) is 2. The fourth-order valence-corrected chi connectivity index (χ4v) is 3.75. The number of hydrogen-bond donors (Lipinski definition) is 2. The van der Waals surface area contributed by atoms with Crippen LogP contribution in [0.25, 0.3) is 10.8 Å². The maximum absolute atomic E-state index is 12.3. The number of carbonyl (C=O) groups is 2. The van der Waals surface area contributed by atoms with Crippen LogP contribution in [-0.2, 0) is 9.59 Å². The molecule has 0 bridgehead atoms. The van der Waals surface area contributed by atoms with Crippen LogP contribution in [0.3, 0.4) is 0 Å². The van der Waals surface area contributed by atoms with Gasteiger partial charge in [0.25, 0.3) is 0 Å². The third-order valence-electron chi connectivity index (χ3n) is 5.11. The van der Waals surface area contributed by atoms with Gasteiger partial charge in [0, 0.05) is 12.6 Å². The number of benzene rings is 2. The largest absolute Gasteiger partial charge is 0.363 e.